The van der Waals surface area contributed by atoms with Gasteiger partial charge in [-0.3, -0.25) is 9.36 Å². The molecule has 8 nitrogen and oxygen atoms in total. The van der Waals surface area contributed by atoms with Gasteiger partial charge < -0.3 is 20.3 Å². The maximum atomic E-state index is 11.9. The van der Waals surface area contributed by atoms with Crippen molar-refractivity contribution in [2.75, 3.05) is 13.7 Å². The van der Waals surface area contributed by atoms with Crippen molar-refractivity contribution in [1.29, 1.82) is 0 Å². The third kappa shape index (κ3) is 2.95. The van der Waals surface area contributed by atoms with E-state index in [1.54, 1.807) is 37.4 Å². The highest BCUT2D eigenvalue weighted by molar-refractivity contribution is 5.90. The smallest absolute Gasteiger partial charge is 0.287 e. The zero-order chi connectivity index (χ0) is 19.0. The zero-order valence-electron chi connectivity index (χ0n) is 14.7. The predicted octanol–water partition coefficient (Wildman–Crippen LogP) is 2.07. The normalized spacial score (nSPS) is 12.9. The maximum Gasteiger partial charge on any atom is 0.287 e. The number of nitrogens with zero attached hydrogens (tertiary/aromatic N) is 3. The van der Waals surface area contributed by atoms with Crippen molar-refractivity contribution < 1.29 is 19.4 Å². The Balaban J connectivity index is 1.90. The van der Waals surface area contributed by atoms with Gasteiger partial charge in [-0.05, 0) is 48.7 Å². The monoisotopic (exact) mass is 366 g/mol. The molecule has 0 unspecified atom stereocenters. The number of amides is 1. The first-order valence-corrected chi connectivity index (χ1v) is 8.47. The Morgan fingerprint density at radius 1 is 1.26 bits per heavy atom. The SMILES string of the molecule is COc1ccc(-n2c(C(N)=O)nnc2-c2cc3c(cc2O)OCCC3)cc1. The van der Waals surface area contributed by atoms with E-state index < -0.39 is 5.91 Å². The molecule has 0 bridgehead atoms. The Kier molecular flexibility index (Phi) is 4.15. The van der Waals surface area contributed by atoms with Crippen LogP contribution in [0.1, 0.15) is 22.6 Å². The lowest BCUT2D eigenvalue weighted by Crippen LogP contribution is -2.18. The number of hydrogen-bond donors (Lipinski definition) is 2. The molecule has 0 aliphatic carbocycles. The lowest BCUT2D eigenvalue weighted by Gasteiger charge is -2.19. The van der Waals surface area contributed by atoms with Gasteiger partial charge in [0.25, 0.3) is 5.91 Å². The summed E-state index contributed by atoms with van der Waals surface area (Å²) in [6.07, 6.45) is 1.73. The van der Waals surface area contributed by atoms with Gasteiger partial charge >= 0.3 is 0 Å². The molecule has 1 amide bonds. The Hall–Kier alpha value is -3.55. The minimum Gasteiger partial charge on any atom is -0.507 e. The molecular formula is C19H18N4O4. The summed E-state index contributed by atoms with van der Waals surface area (Å²) in [6, 6.07) is 10.4. The summed E-state index contributed by atoms with van der Waals surface area (Å²) < 4.78 is 12.3. The number of carbonyl (C=O) groups excluding carboxylic acids is 1. The number of benzene rings is 2. The zero-order valence-corrected chi connectivity index (χ0v) is 14.7. The van der Waals surface area contributed by atoms with Crippen LogP contribution in [0.15, 0.2) is 36.4 Å². The summed E-state index contributed by atoms with van der Waals surface area (Å²) in [6.45, 7) is 0.625. The summed E-state index contributed by atoms with van der Waals surface area (Å²) in [5, 5.41) is 18.6. The third-order valence-corrected chi connectivity index (χ3v) is 4.48. The molecule has 1 aliphatic heterocycles. The van der Waals surface area contributed by atoms with Crippen molar-refractivity contribution in [2.45, 2.75) is 12.8 Å². The van der Waals surface area contributed by atoms with Gasteiger partial charge in [0.15, 0.2) is 5.82 Å². The lowest BCUT2D eigenvalue weighted by molar-refractivity contribution is 0.0988. The van der Waals surface area contributed by atoms with Crippen LogP contribution in [-0.4, -0.2) is 39.5 Å². The number of hydrogen-bond acceptors (Lipinski definition) is 6. The van der Waals surface area contributed by atoms with E-state index in [9.17, 15) is 9.90 Å². The summed E-state index contributed by atoms with van der Waals surface area (Å²) >= 11 is 0. The number of methoxy groups -OCH3 is 1. The first-order valence-electron chi connectivity index (χ1n) is 8.47. The second kappa shape index (κ2) is 6.64. The Morgan fingerprint density at radius 3 is 2.74 bits per heavy atom. The fraction of sp³-hybridized carbons (Fsp3) is 0.211. The van der Waals surface area contributed by atoms with Gasteiger partial charge in [0.1, 0.15) is 17.2 Å². The Bertz CT molecular complexity index is 1010. The van der Waals surface area contributed by atoms with E-state index in [-0.39, 0.29) is 11.6 Å². The van der Waals surface area contributed by atoms with Crippen LogP contribution in [-0.2, 0) is 6.42 Å². The van der Waals surface area contributed by atoms with Crippen molar-refractivity contribution >= 4 is 5.91 Å². The number of carbonyl (C=O) groups is 1. The summed E-state index contributed by atoms with van der Waals surface area (Å²) in [4.78, 5) is 11.9. The van der Waals surface area contributed by atoms with Gasteiger partial charge in [0.05, 0.1) is 19.3 Å². The average molecular weight is 366 g/mol. The minimum atomic E-state index is -0.717. The minimum absolute atomic E-state index is 0.00571. The molecule has 1 aromatic heterocycles. The highest BCUT2D eigenvalue weighted by Crippen LogP contribution is 2.37. The number of aryl methyl sites for hydroxylation is 1. The molecule has 2 heterocycles. The molecule has 0 saturated heterocycles. The highest BCUT2D eigenvalue weighted by Gasteiger charge is 2.23. The van der Waals surface area contributed by atoms with Gasteiger partial charge in [0.2, 0.25) is 5.82 Å². The molecule has 0 spiro atoms. The molecule has 2 aromatic carbocycles. The molecule has 3 aromatic rings. The first-order chi connectivity index (χ1) is 13.1. The van der Waals surface area contributed by atoms with Gasteiger partial charge in [-0.25, -0.2) is 0 Å². The fourth-order valence-electron chi connectivity index (χ4n) is 3.16. The third-order valence-electron chi connectivity index (χ3n) is 4.48. The average Bonchev–Trinajstić information content (AvgIpc) is 3.12. The second-order valence-electron chi connectivity index (χ2n) is 6.17. The van der Waals surface area contributed by atoms with Crippen molar-refractivity contribution in [3.05, 3.63) is 47.8 Å². The number of nitrogens with two attached hydrogens (primary N) is 1. The van der Waals surface area contributed by atoms with E-state index in [0.717, 1.165) is 18.4 Å². The quantitative estimate of drug-likeness (QED) is 0.731. The number of rotatable bonds is 4. The van der Waals surface area contributed by atoms with E-state index in [4.69, 9.17) is 15.2 Å². The fourth-order valence-corrected chi connectivity index (χ4v) is 3.16. The molecule has 4 rings (SSSR count). The second-order valence-corrected chi connectivity index (χ2v) is 6.17. The van der Waals surface area contributed by atoms with Crippen molar-refractivity contribution in [3.8, 4) is 34.3 Å². The Labute approximate surface area is 155 Å². The van der Waals surface area contributed by atoms with Gasteiger partial charge in [-0.1, -0.05) is 0 Å². The maximum absolute atomic E-state index is 11.9. The number of primary amides is 1. The Morgan fingerprint density at radius 2 is 2.04 bits per heavy atom. The largest absolute Gasteiger partial charge is 0.507 e. The molecule has 0 atom stereocenters. The van der Waals surface area contributed by atoms with Crippen LogP contribution < -0.4 is 15.2 Å². The topological polar surface area (TPSA) is 112 Å². The van der Waals surface area contributed by atoms with Crippen LogP contribution in [0.25, 0.3) is 17.1 Å². The number of fused-ring (bicyclic) bond motifs is 1. The van der Waals surface area contributed by atoms with Crippen LogP contribution in [0.3, 0.4) is 0 Å². The van der Waals surface area contributed by atoms with Crippen LogP contribution in [0.4, 0.5) is 0 Å². The number of aromatic hydroxyl groups is 1. The molecule has 0 fully saturated rings. The van der Waals surface area contributed by atoms with Crippen molar-refractivity contribution in [2.24, 2.45) is 5.73 Å². The lowest BCUT2D eigenvalue weighted by atomic mass is 10.0. The van der Waals surface area contributed by atoms with E-state index in [1.165, 1.54) is 4.57 Å². The molecule has 0 radical (unpaired) electrons. The first kappa shape index (κ1) is 16.9. The summed E-state index contributed by atoms with van der Waals surface area (Å²) in [5.41, 5.74) is 7.53. The van der Waals surface area contributed by atoms with E-state index >= 15 is 0 Å². The number of aromatic nitrogens is 3. The number of ether oxygens (including phenoxy) is 2. The molecule has 3 N–H and O–H groups in total. The molecule has 27 heavy (non-hydrogen) atoms. The van der Waals surface area contributed by atoms with Crippen LogP contribution in [0, 0.1) is 0 Å². The van der Waals surface area contributed by atoms with E-state index in [2.05, 4.69) is 10.2 Å². The standard InChI is InChI=1S/C19H18N4O4/c1-26-13-6-4-12(5-7-13)23-18(21-22-19(23)17(20)25)14-9-11-3-2-8-27-16(11)10-15(14)24/h4-7,9-10,24H,2-3,8H2,1H3,(H2,20,25). The number of phenols is 1. The number of phenolic OH excluding ortho intramolecular Hbond substituents is 1. The molecule has 1 aliphatic rings. The van der Waals surface area contributed by atoms with E-state index in [1.807, 2.05) is 6.07 Å². The van der Waals surface area contributed by atoms with Gasteiger partial charge in [0, 0.05) is 11.8 Å². The molecule has 8 heteroatoms. The van der Waals surface area contributed by atoms with Crippen molar-refractivity contribution in [1.82, 2.24) is 14.8 Å². The summed E-state index contributed by atoms with van der Waals surface area (Å²) in [5.74, 6) is 0.901. The molecule has 138 valence electrons. The van der Waals surface area contributed by atoms with Gasteiger partial charge in [-0.15, -0.1) is 10.2 Å². The summed E-state index contributed by atoms with van der Waals surface area (Å²) in [7, 11) is 1.57. The molecule has 0 saturated carbocycles. The highest BCUT2D eigenvalue weighted by atomic mass is 16.5. The molecular weight excluding hydrogens is 348 g/mol. The van der Waals surface area contributed by atoms with Crippen LogP contribution in [0.2, 0.25) is 0 Å². The van der Waals surface area contributed by atoms with Crippen LogP contribution in [0.5, 0.6) is 17.2 Å². The predicted molar refractivity (Wildman–Crippen MR) is 97.3 cm³/mol. The van der Waals surface area contributed by atoms with Gasteiger partial charge in [-0.2, -0.15) is 0 Å². The van der Waals surface area contributed by atoms with Crippen LogP contribution >= 0.6 is 0 Å². The van der Waals surface area contributed by atoms with Crippen molar-refractivity contribution in [3.63, 3.8) is 0 Å². The van der Waals surface area contributed by atoms with E-state index in [0.29, 0.717) is 35.2 Å².